The second-order valence-electron chi connectivity index (χ2n) is 6.82. The van der Waals surface area contributed by atoms with Crippen LogP contribution in [0.15, 0.2) is 64.1 Å². The van der Waals surface area contributed by atoms with Crippen LogP contribution in [0.25, 0.3) is 22.6 Å². The lowest BCUT2D eigenvalue weighted by atomic mass is 10.0. The number of rotatable bonds is 7. The molecule has 2 aromatic heterocycles. The van der Waals surface area contributed by atoms with Gasteiger partial charge in [0.05, 0.1) is 18.1 Å². The number of nitrogens with zero attached hydrogens (tertiary/aromatic N) is 4. The van der Waals surface area contributed by atoms with Crippen molar-refractivity contribution in [1.29, 1.82) is 0 Å². The number of aromatic nitrogens is 4. The summed E-state index contributed by atoms with van der Waals surface area (Å²) in [7, 11) is 0. The summed E-state index contributed by atoms with van der Waals surface area (Å²) in [6.07, 6.45) is 0. The first-order valence-corrected chi connectivity index (χ1v) is 10.7. The molecule has 0 aliphatic heterocycles. The zero-order valence-electron chi connectivity index (χ0n) is 17.1. The van der Waals surface area contributed by atoms with Crippen molar-refractivity contribution in [2.24, 2.45) is 0 Å². The van der Waals surface area contributed by atoms with Crippen molar-refractivity contribution in [2.75, 3.05) is 6.61 Å². The smallest absolute Gasteiger partial charge is 0.237 e. The van der Waals surface area contributed by atoms with Crippen LogP contribution in [0.3, 0.4) is 0 Å². The molecular formula is C23H22N4O2S. The standard InChI is InChI=1S/C23H22N4O2S/c1-4-28-19-7-5-6-18(13-19)23-24-21(29-27-23)14-30-22-11-10-20(25-26-22)17-9-8-15(2)16(3)12-17/h5-13H,4,14H2,1-3H3. The Labute approximate surface area is 179 Å². The SMILES string of the molecule is CCOc1cccc(-c2noc(CSc3ccc(-c4ccc(C)c(C)c4)nn3)n2)c1. The first-order valence-electron chi connectivity index (χ1n) is 9.72. The molecule has 0 spiro atoms. The summed E-state index contributed by atoms with van der Waals surface area (Å²) in [5.74, 6) is 2.39. The highest BCUT2D eigenvalue weighted by Gasteiger charge is 2.11. The zero-order chi connectivity index (χ0) is 20.9. The topological polar surface area (TPSA) is 73.9 Å². The van der Waals surface area contributed by atoms with Crippen LogP contribution in [0.1, 0.15) is 23.9 Å². The number of benzene rings is 2. The van der Waals surface area contributed by atoms with E-state index in [9.17, 15) is 0 Å². The van der Waals surface area contributed by atoms with Gasteiger partial charge in [0.2, 0.25) is 11.7 Å². The zero-order valence-corrected chi connectivity index (χ0v) is 17.9. The monoisotopic (exact) mass is 418 g/mol. The molecule has 4 aromatic rings. The Morgan fingerprint density at radius 2 is 1.83 bits per heavy atom. The van der Waals surface area contributed by atoms with Gasteiger partial charge in [-0.2, -0.15) is 4.98 Å². The molecule has 0 saturated heterocycles. The molecule has 4 rings (SSSR count). The summed E-state index contributed by atoms with van der Waals surface area (Å²) < 4.78 is 10.9. The third-order valence-electron chi connectivity index (χ3n) is 4.66. The van der Waals surface area contributed by atoms with E-state index in [1.807, 2.05) is 43.3 Å². The Morgan fingerprint density at radius 3 is 2.60 bits per heavy atom. The van der Waals surface area contributed by atoms with Crippen molar-refractivity contribution in [3.63, 3.8) is 0 Å². The predicted molar refractivity (Wildman–Crippen MR) is 117 cm³/mol. The van der Waals surface area contributed by atoms with Crippen LogP contribution in [-0.2, 0) is 5.75 Å². The Bertz CT molecular complexity index is 1140. The van der Waals surface area contributed by atoms with E-state index in [-0.39, 0.29) is 0 Å². The number of ether oxygens (including phenoxy) is 1. The van der Waals surface area contributed by atoms with E-state index in [2.05, 4.69) is 52.4 Å². The van der Waals surface area contributed by atoms with Crippen molar-refractivity contribution in [3.8, 4) is 28.4 Å². The van der Waals surface area contributed by atoms with E-state index in [0.29, 0.717) is 24.1 Å². The summed E-state index contributed by atoms with van der Waals surface area (Å²) in [6, 6.07) is 17.9. The van der Waals surface area contributed by atoms with Gasteiger partial charge >= 0.3 is 0 Å². The second-order valence-corrected chi connectivity index (χ2v) is 7.81. The van der Waals surface area contributed by atoms with E-state index in [4.69, 9.17) is 9.26 Å². The van der Waals surface area contributed by atoms with E-state index >= 15 is 0 Å². The van der Waals surface area contributed by atoms with Gasteiger partial charge in [-0.25, -0.2) is 0 Å². The van der Waals surface area contributed by atoms with Gasteiger partial charge < -0.3 is 9.26 Å². The lowest BCUT2D eigenvalue weighted by molar-refractivity contribution is 0.340. The number of aryl methyl sites for hydroxylation is 2. The van der Waals surface area contributed by atoms with Gasteiger partial charge in [0.15, 0.2) is 0 Å². The molecule has 2 heterocycles. The number of hydrogen-bond acceptors (Lipinski definition) is 7. The van der Waals surface area contributed by atoms with Crippen LogP contribution in [0.5, 0.6) is 5.75 Å². The van der Waals surface area contributed by atoms with Gasteiger partial charge in [0.1, 0.15) is 10.8 Å². The molecule has 0 amide bonds. The maximum absolute atomic E-state index is 5.53. The Kier molecular flexibility index (Phi) is 6.09. The summed E-state index contributed by atoms with van der Waals surface area (Å²) >= 11 is 1.51. The normalized spacial score (nSPS) is 10.9. The minimum absolute atomic E-state index is 0.524. The van der Waals surface area contributed by atoms with Gasteiger partial charge in [-0.1, -0.05) is 41.2 Å². The van der Waals surface area contributed by atoms with Gasteiger partial charge in [-0.3, -0.25) is 0 Å². The van der Waals surface area contributed by atoms with E-state index in [1.165, 1.54) is 22.9 Å². The van der Waals surface area contributed by atoms with Crippen molar-refractivity contribution in [3.05, 3.63) is 71.6 Å². The molecule has 0 saturated carbocycles. The Hall–Kier alpha value is -3.19. The van der Waals surface area contributed by atoms with Gasteiger partial charge in [-0.15, -0.1) is 10.2 Å². The molecular weight excluding hydrogens is 396 g/mol. The lowest BCUT2D eigenvalue weighted by Crippen LogP contribution is -1.92. The second kappa shape index (κ2) is 9.09. The molecule has 0 atom stereocenters. The highest BCUT2D eigenvalue weighted by atomic mass is 32.2. The fourth-order valence-electron chi connectivity index (χ4n) is 2.91. The maximum Gasteiger partial charge on any atom is 0.237 e. The fraction of sp³-hybridized carbons (Fsp3) is 0.217. The molecule has 152 valence electrons. The Morgan fingerprint density at radius 1 is 0.933 bits per heavy atom. The minimum Gasteiger partial charge on any atom is -0.494 e. The van der Waals surface area contributed by atoms with Crippen LogP contribution in [0.4, 0.5) is 0 Å². The molecule has 6 nitrogen and oxygen atoms in total. The molecule has 0 N–H and O–H groups in total. The van der Waals surface area contributed by atoms with Crippen LogP contribution in [-0.4, -0.2) is 26.9 Å². The molecule has 0 radical (unpaired) electrons. The molecule has 7 heteroatoms. The highest BCUT2D eigenvalue weighted by molar-refractivity contribution is 7.98. The number of thioether (sulfide) groups is 1. The van der Waals surface area contributed by atoms with Crippen molar-refractivity contribution < 1.29 is 9.26 Å². The number of hydrogen-bond donors (Lipinski definition) is 0. The van der Waals surface area contributed by atoms with Gasteiger partial charge in [-0.05, 0) is 62.2 Å². The summed E-state index contributed by atoms with van der Waals surface area (Å²) in [4.78, 5) is 4.48. The van der Waals surface area contributed by atoms with E-state index < -0.39 is 0 Å². The molecule has 30 heavy (non-hydrogen) atoms. The first kappa shape index (κ1) is 20.1. The quantitative estimate of drug-likeness (QED) is 0.367. The third kappa shape index (κ3) is 4.68. The molecule has 0 bridgehead atoms. The maximum atomic E-state index is 5.53. The van der Waals surface area contributed by atoms with E-state index in [0.717, 1.165) is 27.6 Å². The summed E-state index contributed by atoms with van der Waals surface area (Å²) in [6.45, 7) is 6.76. The molecule has 2 aromatic carbocycles. The highest BCUT2D eigenvalue weighted by Crippen LogP contribution is 2.26. The summed E-state index contributed by atoms with van der Waals surface area (Å²) in [5.41, 5.74) is 5.29. The minimum atomic E-state index is 0.524. The van der Waals surface area contributed by atoms with Gasteiger partial charge in [0.25, 0.3) is 0 Å². The van der Waals surface area contributed by atoms with Crippen LogP contribution >= 0.6 is 11.8 Å². The van der Waals surface area contributed by atoms with Crippen LogP contribution in [0, 0.1) is 13.8 Å². The predicted octanol–water partition coefficient (Wildman–Crippen LogP) is 5.50. The fourth-order valence-corrected chi connectivity index (χ4v) is 3.56. The van der Waals surface area contributed by atoms with Crippen LogP contribution < -0.4 is 4.74 Å². The average Bonchev–Trinajstić information content (AvgIpc) is 3.24. The molecule has 0 aliphatic rings. The Balaban J connectivity index is 1.40. The van der Waals surface area contributed by atoms with Crippen molar-refractivity contribution in [1.82, 2.24) is 20.3 Å². The first-order chi connectivity index (χ1) is 14.6. The molecule has 0 aliphatic carbocycles. The largest absolute Gasteiger partial charge is 0.494 e. The third-order valence-corrected chi connectivity index (χ3v) is 5.56. The van der Waals surface area contributed by atoms with Crippen molar-refractivity contribution in [2.45, 2.75) is 31.6 Å². The molecule has 0 unspecified atom stereocenters. The van der Waals surface area contributed by atoms with Crippen LogP contribution in [0.2, 0.25) is 0 Å². The molecule has 0 fully saturated rings. The summed E-state index contributed by atoms with van der Waals surface area (Å²) in [5, 5.41) is 13.6. The van der Waals surface area contributed by atoms with E-state index in [1.54, 1.807) is 0 Å². The average molecular weight is 419 g/mol. The van der Waals surface area contributed by atoms with Crippen molar-refractivity contribution >= 4 is 11.8 Å². The van der Waals surface area contributed by atoms with Gasteiger partial charge in [0, 0.05) is 11.1 Å². The lowest BCUT2D eigenvalue weighted by Gasteiger charge is -2.05.